The molecule has 0 saturated carbocycles. The van der Waals surface area contributed by atoms with Crippen LogP contribution in [0.2, 0.25) is 0 Å². The van der Waals surface area contributed by atoms with E-state index < -0.39 is 23.7 Å². The molecule has 1 saturated heterocycles. The molecule has 1 aliphatic rings. The fraction of sp³-hybridized carbons (Fsp3) is 0.429. The van der Waals surface area contributed by atoms with Gasteiger partial charge in [0.2, 0.25) is 0 Å². The van der Waals surface area contributed by atoms with Crippen LogP contribution in [-0.4, -0.2) is 49.7 Å². The summed E-state index contributed by atoms with van der Waals surface area (Å²) in [6.45, 7) is 2.32. The number of nitrogens with zero attached hydrogens (tertiary/aromatic N) is 1. The SMILES string of the molecule is COC(=O)C1COCCN1C(=O)c1ccc(C)c(F)c1. The topological polar surface area (TPSA) is 55.8 Å². The Morgan fingerprint density at radius 3 is 2.85 bits per heavy atom. The van der Waals surface area contributed by atoms with Gasteiger partial charge in [-0.1, -0.05) is 6.07 Å². The van der Waals surface area contributed by atoms with Crippen LogP contribution in [-0.2, 0) is 14.3 Å². The number of aryl methyl sites for hydroxylation is 1. The summed E-state index contributed by atoms with van der Waals surface area (Å²) < 4.78 is 23.4. The van der Waals surface area contributed by atoms with Crippen LogP contribution in [0.15, 0.2) is 18.2 Å². The largest absolute Gasteiger partial charge is 0.467 e. The molecule has 0 aliphatic carbocycles. The molecule has 1 atom stereocenters. The van der Waals surface area contributed by atoms with Gasteiger partial charge in [-0.3, -0.25) is 4.79 Å². The van der Waals surface area contributed by atoms with Crippen LogP contribution >= 0.6 is 0 Å². The van der Waals surface area contributed by atoms with E-state index >= 15 is 0 Å². The maximum atomic E-state index is 13.5. The molecule has 0 radical (unpaired) electrons. The van der Waals surface area contributed by atoms with Crippen LogP contribution in [0.1, 0.15) is 15.9 Å². The second kappa shape index (κ2) is 6.00. The molecule has 1 fully saturated rings. The minimum absolute atomic E-state index is 0.0900. The molecular formula is C14H16FNO4. The van der Waals surface area contributed by atoms with Crippen LogP contribution in [0.4, 0.5) is 4.39 Å². The average molecular weight is 281 g/mol. The zero-order valence-electron chi connectivity index (χ0n) is 11.4. The van der Waals surface area contributed by atoms with E-state index in [1.165, 1.54) is 24.1 Å². The Morgan fingerprint density at radius 1 is 1.45 bits per heavy atom. The van der Waals surface area contributed by atoms with Gasteiger partial charge in [0.15, 0.2) is 6.04 Å². The average Bonchev–Trinajstić information content (AvgIpc) is 2.48. The Hall–Kier alpha value is -1.95. The molecule has 1 unspecified atom stereocenters. The number of benzene rings is 1. The van der Waals surface area contributed by atoms with E-state index in [0.717, 1.165) is 0 Å². The summed E-state index contributed by atoms with van der Waals surface area (Å²) in [7, 11) is 1.26. The van der Waals surface area contributed by atoms with Gasteiger partial charge in [-0.2, -0.15) is 0 Å². The summed E-state index contributed by atoms with van der Waals surface area (Å²) in [5.41, 5.74) is 0.678. The number of morpholine rings is 1. The van der Waals surface area contributed by atoms with Gasteiger partial charge in [-0.05, 0) is 24.6 Å². The normalized spacial score (nSPS) is 18.8. The van der Waals surface area contributed by atoms with Crippen LogP contribution in [0.25, 0.3) is 0 Å². The number of rotatable bonds is 2. The second-order valence-corrected chi connectivity index (χ2v) is 4.58. The molecule has 6 heteroatoms. The van der Waals surface area contributed by atoms with E-state index in [9.17, 15) is 14.0 Å². The first-order valence-corrected chi connectivity index (χ1v) is 6.27. The lowest BCUT2D eigenvalue weighted by Gasteiger charge is -2.33. The number of hydrogen-bond acceptors (Lipinski definition) is 4. The van der Waals surface area contributed by atoms with Gasteiger partial charge in [0.25, 0.3) is 5.91 Å². The number of hydrogen-bond donors (Lipinski definition) is 0. The molecule has 0 bridgehead atoms. The molecule has 1 heterocycles. The zero-order valence-corrected chi connectivity index (χ0v) is 11.4. The van der Waals surface area contributed by atoms with E-state index in [-0.39, 0.29) is 18.7 Å². The maximum Gasteiger partial charge on any atom is 0.331 e. The smallest absolute Gasteiger partial charge is 0.331 e. The fourth-order valence-electron chi connectivity index (χ4n) is 2.07. The highest BCUT2D eigenvalue weighted by molar-refractivity contribution is 5.97. The highest BCUT2D eigenvalue weighted by Crippen LogP contribution is 2.16. The molecule has 0 N–H and O–H groups in total. The number of amides is 1. The minimum atomic E-state index is -0.786. The van der Waals surface area contributed by atoms with Gasteiger partial charge in [-0.25, -0.2) is 9.18 Å². The molecule has 1 amide bonds. The van der Waals surface area contributed by atoms with Gasteiger partial charge in [-0.15, -0.1) is 0 Å². The number of halogens is 1. The van der Waals surface area contributed by atoms with Crippen molar-refractivity contribution in [3.8, 4) is 0 Å². The standard InChI is InChI=1S/C14H16FNO4/c1-9-3-4-10(7-11(9)15)13(17)16-5-6-20-8-12(16)14(18)19-2/h3-4,7,12H,5-6,8H2,1-2H3. The van der Waals surface area contributed by atoms with Crippen molar-refractivity contribution in [3.63, 3.8) is 0 Å². The third-order valence-electron chi connectivity index (χ3n) is 3.28. The first kappa shape index (κ1) is 14.5. The summed E-state index contributed by atoms with van der Waals surface area (Å²) in [6, 6.07) is 3.48. The first-order chi connectivity index (χ1) is 9.54. The number of carbonyl (C=O) groups is 2. The van der Waals surface area contributed by atoms with Crippen molar-refractivity contribution in [3.05, 3.63) is 35.1 Å². The molecule has 0 aromatic heterocycles. The second-order valence-electron chi connectivity index (χ2n) is 4.58. The Balaban J connectivity index is 2.25. The molecule has 0 spiro atoms. The van der Waals surface area contributed by atoms with Gasteiger partial charge in [0.05, 0.1) is 20.3 Å². The Kier molecular flexibility index (Phi) is 4.34. The van der Waals surface area contributed by atoms with Crippen LogP contribution in [0, 0.1) is 12.7 Å². The quantitative estimate of drug-likeness (QED) is 0.763. The van der Waals surface area contributed by atoms with Crippen molar-refractivity contribution in [2.75, 3.05) is 26.9 Å². The third-order valence-corrected chi connectivity index (χ3v) is 3.28. The summed E-state index contributed by atoms with van der Waals surface area (Å²) in [5, 5.41) is 0. The van der Waals surface area contributed by atoms with Crippen LogP contribution in [0.5, 0.6) is 0 Å². The molecule has 1 aromatic rings. The lowest BCUT2D eigenvalue weighted by atomic mass is 10.1. The van der Waals surface area contributed by atoms with Gasteiger partial charge in [0.1, 0.15) is 5.82 Å². The van der Waals surface area contributed by atoms with E-state index in [1.807, 2.05) is 0 Å². The summed E-state index contributed by atoms with van der Waals surface area (Å²) in [4.78, 5) is 25.4. The van der Waals surface area contributed by atoms with Crippen molar-refractivity contribution >= 4 is 11.9 Å². The lowest BCUT2D eigenvalue weighted by Crippen LogP contribution is -2.53. The van der Waals surface area contributed by atoms with Gasteiger partial charge in [0, 0.05) is 12.1 Å². The fourth-order valence-corrected chi connectivity index (χ4v) is 2.07. The van der Waals surface area contributed by atoms with E-state index in [1.54, 1.807) is 13.0 Å². The minimum Gasteiger partial charge on any atom is -0.467 e. The van der Waals surface area contributed by atoms with Crippen molar-refractivity contribution in [1.29, 1.82) is 0 Å². The number of esters is 1. The monoisotopic (exact) mass is 281 g/mol. The predicted octanol–water partition coefficient (Wildman–Crippen LogP) is 1.15. The molecule has 2 rings (SSSR count). The molecule has 20 heavy (non-hydrogen) atoms. The molecular weight excluding hydrogens is 265 g/mol. The van der Waals surface area contributed by atoms with Crippen molar-refractivity contribution in [2.45, 2.75) is 13.0 Å². The van der Waals surface area contributed by atoms with Crippen molar-refractivity contribution in [2.24, 2.45) is 0 Å². The van der Waals surface area contributed by atoms with Gasteiger partial charge < -0.3 is 14.4 Å². The highest BCUT2D eigenvalue weighted by Gasteiger charge is 2.34. The summed E-state index contributed by atoms with van der Waals surface area (Å²) in [6.07, 6.45) is 0. The zero-order chi connectivity index (χ0) is 14.7. The number of ether oxygens (including phenoxy) is 2. The molecule has 1 aliphatic heterocycles. The lowest BCUT2D eigenvalue weighted by molar-refractivity contribution is -0.151. The molecule has 5 nitrogen and oxygen atoms in total. The Morgan fingerprint density at radius 2 is 2.20 bits per heavy atom. The highest BCUT2D eigenvalue weighted by atomic mass is 19.1. The Bertz CT molecular complexity index is 532. The van der Waals surface area contributed by atoms with Crippen molar-refractivity contribution in [1.82, 2.24) is 4.90 Å². The molecule has 1 aromatic carbocycles. The summed E-state index contributed by atoms with van der Waals surface area (Å²) in [5.74, 6) is -1.38. The van der Waals surface area contributed by atoms with Crippen LogP contribution < -0.4 is 0 Å². The maximum absolute atomic E-state index is 13.5. The van der Waals surface area contributed by atoms with Crippen molar-refractivity contribution < 1.29 is 23.5 Å². The summed E-state index contributed by atoms with van der Waals surface area (Å²) >= 11 is 0. The van der Waals surface area contributed by atoms with E-state index in [4.69, 9.17) is 4.74 Å². The Labute approximate surface area is 116 Å². The molecule has 108 valence electrons. The van der Waals surface area contributed by atoms with E-state index in [0.29, 0.717) is 12.2 Å². The number of carbonyl (C=O) groups excluding carboxylic acids is 2. The van der Waals surface area contributed by atoms with Gasteiger partial charge >= 0.3 is 5.97 Å². The third kappa shape index (κ3) is 2.80. The number of methoxy groups -OCH3 is 1. The predicted molar refractivity (Wildman–Crippen MR) is 68.8 cm³/mol. The first-order valence-electron chi connectivity index (χ1n) is 6.27. The van der Waals surface area contributed by atoms with Crippen LogP contribution in [0.3, 0.4) is 0 Å². The van der Waals surface area contributed by atoms with E-state index in [2.05, 4.69) is 4.74 Å².